The highest BCUT2D eigenvalue weighted by Gasteiger charge is 2.15. The molecule has 1 aliphatic rings. The number of aromatic nitrogens is 1. The van der Waals surface area contributed by atoms with Crippen molar-refractivity contribution >= 4 is 17.3 Å². The van der Waals surface area contributed by atoms with Crippen LogP contribution in [0, 0.1) is 0 Å². The second kappa shape index (κ2) is 9.42. The molecule has 0 aromatic carbocycles. The van der Waals surface area contributed by atoms with Crippen LogP contribution >= 0.6 is 11.3 Å². The van der Waals surface area contributed by atoms with Gasteiger partial charge >= 0.3 is 0 Å². The number of pyridine rings is 1. The van der Waals surface area contributed by atoms with E-state index < -0.39 is 0 Å². The Morgan fingerprint density at radius 1 is 1.16 bits per heavy atom. The Bertz CT molecular complexity index is 649. The summed E-state index contributed by atoms with van der Waals surface area (Å²) < 4.78 is 5.97. The van der Waals surface area contributed by atoms with Crippen molar-refractivity contribution in [3.63, 3.8) is 0 Å². The first-order chi connectivity index (χ1) is 12.3. The quantitative estimate of drug-likeness (QED) is 0.610. The van der Waals surface area contributed by atoms with Crippen LogP contribution in [0.4, 0.5) is 0 Å². The number of ether oxygens (including phenoxy) is 1. The van der Waals surface area contributed by atoms with E-state index in [-0.39, 0.29) is 0 Å². The number of guanidine groups is 1. The maximum absolute atomic E-state index is 5.97. The number of thiophene rings is 1. The lowest BCUT2D eigenvalue weighted by Gasteiger charge is -2.22. The van der Waals surface area contributed by atoms with Crippen molar-refractivity contribution in [1.82, 2.24) is 15.6 Å². The Morgan fingerprint density at radius 3 is 2.60 bits per heavy atom. The monoisotopic (exact) mass is 358 g/mol. The summed E-state index contributed by atoms with van der Waals surface area (Å²) in [6.07, 6.45) is 8.38. The van der Waals surface area contributed by atoms with Crippen LogP contribution in [0.5, 0.6) is 5.88 Å². The first kappa shape index (κ1) is 17.7. The largest absolute Gasteiger partial charge is 0.474 e. The van der Waals surface area contributed by atoms with E-state index in [1.807, 2.05) is 12.3 Å². The second-order valence-electron chi connectivity index (χ2n) is 6.29. The summed E-state index contributed by atoms with van der Waals surface area (Å²) in [7, 11) is 1.78. The minimum Gasteiger partial charge on any atom is -0.474 e. The van der Waals surface area contributed by atoms with Gasteiger partial charge in [0.05, 0.1) is 0 Å². The number of hydrogen-bond donors (Lipinski definition) is 2. The van der Waals surface area contributed by atoms with Gasteiger partial charge in [0.15, 0.2) is 5.96 Å². The molecule has 2 aromatic rings. The number of nitrogens with zero attached hydrogens (tertiary/aromatic N) is 2. The van der Waals surface area contributed by atoms with Crippen molar-refractivity contribution in [2.75, 3.05) is 7.05 Å². The van der Waals surface area contributed by atoms with Gasteiger partial charge in [0.1, 0.15) is 6.10 Å². The molecule has 1 fully saturated rings. The SMILES string of the molecule is CN=C(NCc1ccc(OC2CCCCC2)nc1)NCc1ccsc1. The van der Waals surface area contributed by atoms with Crippen LogP contribution in [0.1, 0.15) is 43.2 Å². The van der Waals surface area contributed by atoms with E-state index in [0.29, 0.717) is 12.6 Å². The summed E-state index contributed by atoms with van der Waals surface area (Å²) in [5.41, 5.74) is 2.37. The number of nitrogens with one attached hydrogen (secondary N) is 2. The highest BCUT2D eigenvalue weighted by molar-refractivity contribution is 7.07. The van der Waals surface area contributed by atoms with Crippen molar-refractivity contribution < 1.29 is 4.74 Å². The predicted molar refractivity (Wildman–Crippen MR) is 103 cm³/mol. The smallest absolute Gasteiger partial charge is 0.213 e. The van der Waals surface area contributed by atoms with Crippen LogP contribution in [-0.2, 0) is 13.1 Å². The molecule has 2 heterocycles. The van der Waals surface area contributed by atoms with E-state index in [1.54, 1.807) is 18.4 Å². The lowest BCUT2D eigenvalue weighted by atomic mass is 9.98. The molecule has 0 saturated heterocycles. The van der Waals surface area contributed by atoms with Gasteiger partial charge in [-0.15, -0.1) is 0 Å². The van der Waals surface area contributed by atoms with E-state index in [1.165, 1.54) is 24.8 Å². The maximum Gasteiger partial charge on any atom is 0.213 e. The summed E-state index contributed by atoms with van der Waals surface area (Å²) in [5, 5.41) is 10.8. The average molecular weight is 359 g/mol. The summed E-state index contributed by atoms with van der Waals surface area (Å²) in [6, 6.07) is 6.14. The molecular weight excluding hydrogens is 332 g/mol. The Labute approximate surface area is 153 Å². The highest BCUT2D eigenvalue weighted by atomic mass is 32.1. The number of aliphatic imine (C=N–C) groups is 1. The van der Waals surface area contributed by atoms with Crippen LogP contribution in [0.25, 0.3) is 0 Å². The molecule has 3 rings (SSSR count). The highest BCUT2D eigenvalue weighted by Crippen LogP contribution is 2.22. The third-order valence-corrected chi connectivity index (χ3v) is 5.09. The van der Waals surface area contributed by atoms with Gasteiger partial charge in [0.25, 0.3) is 0 Å². The first-order valence-electron chi connectivity index (χ1n) is 8.90. The fourth-order valence-electron chi connectivity index (χ4n) is 2.92. The van der Waals surface area contributed by atoms with Gasteiger partial charge in [-0.1, -0.05) is 12.5 Å². The standard InChI is InChI=1S/C19H26N4OS/c1-20-19(23-13-16-9-10-25-14-16)22-12-15-7-8-18(21-11-15)24-17-5-3-2-4-6-17/h7-11,14,17H,2-6,12-13H2,1H3,(H2,20,22,23). The zero-order chi connectivity index (χ0) is 17.3. The fraction of sp³-hybridized carbons (Fsp3) is 0.474. The topological polar surface area (TPSA) is 58.5 Å². The molecule has 1 aliphatic carbocycles. The molecule has 0 spiro atoms. The average Bonchev–Trinajstić information content (AvgIpc) is 3.18. The van der Waals surface area contributed by atoms with E-state index in [9.17, 15) is 0 Å². The van der Waals surface area contributed by atoms with Crippen molar-refractivity contribution in [1.29, 1.82) is 0 Å². The van der Waals surface area contributed by atoms with Gasteiger partial charge in [-0.25, -0.2) is 4.98 Å². The minimum absolute atomic E-state index is 0.338. The molecule has 0 aliphatic heterocycles. The van der Waals surface area contributed by atoms with Gasteiger partial charge in [-0.3, -0.25) is 4.99 Å². The van der Waals surface area contributed by atoms with Crippen LogP contribution < -0.4 is 15.4 Å². The van der Waals surface area contributed by atoms with Crippen LogP contribution in [-0.4, -0.2) is 24.1 Å². The van der Waals surface area contributed by atoms with Gasteiger partial charge in [0, 0.05) is 32.4 Å². The molecule has 2 aromatic heterocycles. The van der Waals surface area contributed by atoms with Gasteiger partial charge in [-0.2, -0.15) is 11.3 Å². The Morgan fingerprint density at radius 2 is 1.96 bits per heavy atom. The molecule has 5 nitrogen and oxygen atoms in total. The molecule has 0 atom stereocenters. The van der Waals surface area contributed by atoms with Crippen LogP contribution in [0.15, 0.2) is 40.1 Å². The van der Waals surface area contributed by atoms with Crippen molar-refractivity contribution in [3.05, 3.63) is 46.3 Å². The Balaban J connectivity index is 1.44. The fourth-order valence-corrected chi connectivity index (χ4v) is 3.59. The van der Waals surface area contributed by atoms with E-state index in [0.717, 1.165) is 36.8 Å². The Kier molecular flexibility index (Phi) is 6.68. The van der Waals surface area contributed by atoms with Crippen molar-refractivity contribution in [2.45, 2.75) is 51.3 Å². The molecule has 25 heavy (non-hydrogen) atoms. The molecule has 2 N–H and O–H groups in total. The summed E-state index contributed by atoms with van der Waals surface area (Å²) in [4.78, 5) is 8.69. The molecule has 0 unspecified atom stereocenters. The maximum atomic E-state index is 5.97. The normalized spacial score (nSPS) is 15.8. The lowest BCUT2D eigenvalue weighted by molar-refractivity contribution is 0.148. The van der Waals surface area contributed by atoms with E-state index >= 15 is 0 Å². The zero-order valence-electron chi connectivity index (χ0n) is 14.7. The van der Waals surface area contributed by atoms with Crippen LogP contribution in [0.2, 0.25) is 0 Å². The summed E-state index contributed by atoms with van der Waals surface area (Å²) in [5.74, 6) is 1.52. The third-order valence-electron chi connectivity index (χ3n) is 4.36. The molecule has 134 valence electrons. The predicted octanol–water partition coefficient (Wildman–Crippen LogP) is 3.72. The Hall–Kier alpha value is -2.08. The molecule has 0 amide bonds. The summed E-state index contributed by atoms with van der Waals surface area (Å²) >= 11 is 1.70. The molecule has 0 bridgehead atoms. The van der Waals surface area contributed by atoms with Gasteiger partial charge in [0.2, 0.25) is 5.88 Å². The van der Waals surface area contributed by atoms with E-state index in [2.05, 4.69) is 43.5 Å². The zero-order valence-corrected chi connectivity index (χ0v) is 15.5. The van der Waals surface area contributed by atoms with Crippen LogP contribution in [0.3, 0.4) is 0 Å². The molecule has 6 heteroatoms. The lowest BCUT2D eigenvalue weighted by Crippen LogP contribution is -2.36. The third kappa shape index (κ3) is 5.74. The second-order valence-corrected chi connectivity index (χ2v) is 7.07. The molecule has 0 radical (unpaired) electrons. The van der Waals surface area contributed by atoms with Crippen molar-refractivity contribution in [3.8, 4) is 5.88 Å². The summed E-state index contributed by atoms with van der Waals surface area (Å²) in [6.45, 7) is 1.45. The number of rotatable bonds is 6. The van der Waals surface area contributed by atoms with E-state index in [4.69, 9.17) is 4.74 Å². The van der Waals surface area contributed by atoms with Gasteiger partial charge < -0.3 is 15.4 Å². The van der Waals surface area contributed by atoms with Gasteiger partial charge in [-0.05, 0) is 53.6 Å². The molecular formula is C19H26N4OS. The van der Waals surface area contributed by atoms with Crippen molar-refractivity contribution in [2.24, 2.45) is 4.99 Å². The minimum atomic E-state index is 0.338. The molecule has 1 saturated carbocycles. The number of hydrogen-bond acceptors (Lipinski definition) is 4. The first-order valence-corrected chi connectivity index (χ1v) is 9.85.